The van der Waals surface area contributed by atoms with Crippen molar-refractivity contribution < 1.29 is 104 Å². The van der Waals surface area contributed by atoms with Crippen LogP contribution in [0.5, 0.6) is 0 Å². The van der Waals surface area contributed by atoms with Crippen LogP contribution in [-0.4, -0.2) is 286 Å². The van der Waals surface area contributed by atoms with Gasteiger partial charge in [0.1, 0.15) is 36.6 Å². The Balaban J connectivity index is 7.34. The summed E-state index contributed by atoms with van der Waals surface area (Å²) in [6, 6.07) is 0. The summed E-state index contributed by atoms with van der Waals surface area (Å²) in [5.74, 6) is -0.407. The van der Waals surface area contributed by atoms with Gasteiger partial charge in [-0.3, -0.25) is 9.59 Å². The van der Waals surface area contributed by atoms with Gasteiger partial charge < -0.3 is 105 Å². The van der Waals surface area contributed by atoms with Gasteiger partial charge >= 0.3 is 0 Å². The fourth-order valence-corrected chi connectivity index (χ4v) is 6.65. The van der Waals surface area contributed by atoms with Crippen LogP contribution in [0.15, 0.2) is 0 Å². The number of rotatable bonds is 64. The Bertz CT molecular complexity index is 1180. The fourth-order valence-electron chi connectivity index (χ4n) is 6.65. The minimum atomic E-state index is -1.08. The first-order valence-electron chi connectivity index (χ1n) is 28.9. The van der Waals surface area contributed by atoms with Crippen molar-refractivity contribution in [3.63, 3.8) is 0 Å². The highest BCUT2D eigenvalue weighted by atomic mass is 16.6. The molecule has 0 saturated carbocycles. The quantitative estimate of drug-likeness (QED) is 0.0832. The van der Waals surface area contributed by atoms with Crippen molar-refractivity contribution in [3.05, 3.63) is 0 Å². The number of hydrogen-bond donors (Lipinski definition) is 2. The molecule has 0 bridgehead atoms. The molecule has 0 spiro atoms. The van der Waals surface area contributed by atoms with Crippen LogP contribution in [0.2, 0.25) is 0 Å². The SMILES string of the molecule is CCNC(=O)C(C)OCCOCC(COCCOCC)OCC(COC(COCCOCC)COCCOCC)(COC(COCCOCC)COCCOCC)COC(COCCOCC)COCCOC(C)C(=O)NCC. The average Bonchev–Trinajstić information content (AvgIpc) is 3.44. The van der Waals surface area contributed by atoms with E-state index >= 15 is 0 Å². The average molecular weight is 1150 g/mol. The summed E-state index contributed by atoms with van der Waals surface area (Å²) in [6.45, 7) is 29.6. The van der Waals surface area contributed by atoms with E-state index in [0.717, 1.165) is 0 Å². The van der Waals surface area contributed by atoms with Crippen LogP contribution in [0, 0.1) is 5.41 Å². The van der Waals surface area contributed by atoms with Gasteiger partial charge in [0, 0.05) is 52.7 Å². The van der Waals surface area contributed by atoms with Crippen LogP contribution < -0.4 is 10.6 Å². The summed E-state index contributed by atoms with van der Waals surface area (Å²) < 4.78 is 121. The Morgan fingerprint density at radius 2 is 0.481 bits per heavy atom. The molecule has 0 aromatic heterocycles. The summed E-state index contributed by atoms with van der Waals surface area (Å²) in [5, 5.41) is 5.54. The molecule has 0 aliphatic heterocycles. The molecule has 0 aliphatic rings. The lowest BCUT2D eigenvalue weighted by Crippen LogP contribution is -2.48. The number of carbonyl (C=O) groups excluding carboxylic acids is 2. The molecule has 79 heavy (non-hydrogen) atoms. The van der Waals surface area contributed by atoms with E-state index in [9.17, 15) is 9.59 Å². The molecule has 0 saturated heterocycles. The van der Waals surface area contributed by atoms with Crippen LogP contribution >= 0.6 is 0 Å². The second kappa shape index (κ2) is 57.9. The van der Waals surface area contributed by atoms with E-state index in [1.807, 2.05) is 55.4 Å². The van der Waals surface area contributed by atoms with Gasteiger partial charge in [0.15, 0.2) is 0 Å². The van der Waals surface area contributed by atoms with Crippen molar-refractivity contribution in [3.8, 4) is 0 Å². The normalized spacial score (nSPS) is 13.6. The van der Waals surface area contributed by atoms with E-state index in [2.05, 4.69) is 10.6 Å². The lowest BCUT2D eigenvalue weighted by molar-refractivity contribution is -0.184. The van der Waals surface area contributed by atoms with Gasteiger partial charge in [-0.1, -0.05) is 0 Å². The zero-order chi connectivity index (χ0) is 58.1. The summed E-state index contributed by atoms with van der Waals surface area (Å²) in [7, 11) is 0. The van der Waals surface area contributed by atoms with Crippen molar-refractivity contribution in [1.82, 2.24) is 10.6 Å². The van der Waals surface area contributed by atoms with E-state index in [1.165, 1.54) is 0 Å². The molecule has 2 amide bonds. The summed E-state index contributed by atoms with van der Waals surface area (Å²) >= 11 is 0. The maximum Gasteiger partial charge on any atom is 0.248 e. The molecular formula is C55H110N2O22. The largest absolute Gasteiger partial charge is 0.379 e. The number of likely N-dealkylation sites (N-methyl/N-ethyl adjacent to an activating group) is 2. The summed E-state index contributed by atoms with van der Waals surface area (Å²) in [5.41, 5.74) is -1.08. The Morgan fingerprint density at radius 3 is 0.671 bits per heavy atom. The zero-order valence-electron chi connectivity index (χ0n) is 50.4. The van der Waals surface area contributed by atoms with Crippen LogP contribution in [0.1, 0.15) is 69.2 Å². The first-order valence-corrected chi connectivity index (χ1v) is 28.9. The lowest BCUT2D eigenvalue weighted by atomic mass is 9.91. The second-order valence-electron chi connectivity index (χ2n) is 17.8. The number of ether oxygens (including phenoxy) is 20. The van der Waals surface area contributed by atoms with Crippen molar-refractivity contribution in [2.24, 2.45) is 5.41 Å². The number of hydrogen-bond acceptors (Lipinski definition) is 22. The standard InChI is InChI=1S/C55H110N2O22/c1-11-56-53(58)47(9)74-33-31-72-41-51(39-70-29-23-64-17-7)78-45-55(43-76-49(35-66-25-19-60-13-3)36-67-26-20-61-14-4,44-77-50(37-68-27-21-62-15-5)38-69-28-22-63-16-6)46-79-52(40-71-30-24-65-18-8)42-73-32-34-75-48(10)54(59)57-12-2/h47-52H,11-46H2,1-10H3,(H,56,58)(H,57,59). The van der Waals surface area contributed by atoms with Gasteiger partial charge in [-0.15, -0.1) is 0 Å². The van der Waals surface area contributed by atoms with Crippen molar-refractivity contribution in [2.45, 2.75) is 106 Å². The van der Waals surface area contributed by atoms with Gasteiger partial charge in [-0.25, -0.2) is 0 Å². The Labute approximate surface area is 474 Å². The zero-order valence-corrected chi connectivity index (χ0v) is 50.4. The molecule has 24 heteroatoms. The topological polar surface area (TPSA) is 243 Å². The van der Waals surface area contributed by atoms with Gasteiger partial charge in [0.2, 0.25) is 11.8 Å². The monoisotopic (exact) mass is 1150 g/mol. The highest BCUT2D eigenvalue weighted by Crippen LogP contribution is 2.25. The van der Waals surface area contributed by atoms with Gasteiger partial charge in [0.05, 0.1) is 190 Å². The number of carbonyl (C=O) groups is 2. The molecule has 0 rings (SSSR count). The summed E-state index contributed by atoms with van der Waals surface area (Å²) in [4.78, 5) is 24.6. The molecule has 2 N–H and O–H groups in total. The van der Waals surface area contributed by atoms with Crippen LogP contribution in [0.25, 0.3) is 0 Å². The number of amides is 2. The highest BCUT2D eigenvalue weighted by Gasteiger charge is 2.37. The first kappa shape index (κ1) is 77.1. The fraction of sp³-hybridized carbons (Fsp3) is 0.964. The highest BCUT2D eigenvalue weighted by molar-refractivity contribution is 5.80. The van der Waals surface area contributed by atoms with Crippen molar-refractivity contribution in [1.29, 1.82) is 0 Å². The molecule has 472 valence electrons. The molecule has 4 unspecified atom stereocenters. The molecule has 0 aliphatic carbocycles. The van der Waals surface area contributed by atoms with Crippen molar-refractivity contribution >= 4 is 11.8 Å². The van der Waals surface area contributed by atoms with E-state index in [0.29, 0.717) is 132 Å². The second-order valence-corrected chi connectivity index (χ2v) is 17.8. The van der Waals surface area contributed by atoms with E-state index in [-0.39, 0.29) is 118 Å². The third kappa shape index (κ3) is 47.2. The van der Waals surface area contributed by atoms with Crippen LogP contribution in [-0.2, 0) is 104 Å². The van der Waals surface area contributed by atoms with E-state index < -0.39 is 42.0 Å². The first-order chi connectivity index (χ1) is 38.6. The molecule has 0 aromatic rings. The minimum absolute atomic E-state index is 0.0110. The Morgan fingerprint density at radius 1 is 0.291 bits per heavy atom. The van der Waals surface area contributed by atoms with Crippen LogP contribution in [0.3, 0.4) is 0 Å². The van der Waals surface area contributed by atoms with E-state index in [1.54, 1.807) is 13.8 Å². The predicted molar refractivity (Wildman–Crippen MR) is 295 cm³/mol. The molecular weight excluding hydrogens is 1040 g/mol. The van der Waals surface area contributed by atoms with Gasteiger partial charge in [0.25, 0.3) is 0 Å². The van der Waals surface area contributed by atoms with E-state index in [4.69, 9.17) is 94.7 Å². The third-order valence-corrected chi connectivity index (χ3v) is 11.0. The molecule has 0 fully saturated rings. The van der Waals surface area contributed by atoms with Gasteiger partial charge in [-0.2, -0.15) is 0 Å². The summed E-state index contributed by atoms with van der Waals surface area (Å²) in [6.07, 6.45) is -3.62. The third-order valence-electron chi connectivity index (χ3n) is 11.0. The Hall–Kier alpha value is -1.86. The molecule has 24 nitrogen and oxygen atoms in total. The smallest absolute Gasteiger partial charge is 0.248 e. The van der Waals surface area contributed by atoms with Crippen molar-refractivity contribution in [2.75, 3.05) is 238 Å². The van der Waals surface area contributed by atoms with Gasteiger partial charge in [-0.05, 0) is 69.2 Å². The maximum absolute atomic E-state index is 12.3. The van der Waals surface area contributed by atoms with Crippen LogP contribution in [0.4, 0.5) is 0 Å². The Kier molecular flexibility index (Phi) is 56.6. The molecule has 0 radical (unpaired) electrons. The lowest BCUT2D eigenvalue weighted by Gasteiger charge is -2.37. The molecule has 4 atom stereocenters. The predicted octanol–water partition coefficient (Wildman–Crippen LogP) is 2.95. The number of nitrogens with one attached hydrogen (secondary N) is 2. The molecule has 0 aromatic carbocycles. The minimum Gasteiger partial charge on any atom is -0.379 e. The molecule has 0 heterocycles. The maximum atomic E-state index is 12.3.